The highest BCUT2D eigenvalue weighted by atomic mass is 16.6. The predicted molar refractivity (Wildman–Crippen MR) is 176 cm³/mol. The number of carbonyl (C=O) groups excluding carboxylic acids is 1. The van der Waals surface area contributed by atoms with Gasteiger partial charge in [0.25, 0.3) is 0 Å². The van der Waals surface area contributed by atoms with Crippen LogP contribution < -0.4 is 5.32 Å². The Morgan fingerprint density at radius 2 is 0.702 bits per heavy atom. The predicted octanol–water partition coefficient (Wildman–Crippen LogP) is 2.88. The summed E-state index contributed by atoms with van der Waals surface area (Å²) in [4.78, 5) is 21.8. The largest absolute Gasteiger partial charge is 0.481 e. The minimum atomic E-state index is -0.980. The third-order valence-electron chi connectivity index (χ3n) is 6.34. The van der Waals surface area contributed by atoms with Gasteiger partial charge in [0.15, 0.2) is 0 Å². The lowest BCUT2D eigenvalue weighted by molar-refractivity contribution is -0.138. The minimum Gasteiger partial charge on any atom is -0.481 e. The second-order valence-electron chi connectivity index (χ2n) is 10.5. The number of carbonyl (C=O) groups is 2. The van der Waals surface area contributed by atoms with E-state index in [1.54, 1.807) is 0 Å². The monoisotopic (exact) mass is 683 g/mol. The molecule has 0 aromatic carbocycles. The van der Waals surface area contributed by atoms with E-state index in [9.17, 15) is 9.59 Å². The van der Waals surface area contributed by atoms with Gasteiger partial charge in [-0.05, 0) is 12.8 Å². The smallest absolute Gasteiger partial charge is 0.303 e. The Morgan fingerprint density at radius 1 is 0.404 bits per heavy atom. The Morgan fingerprint density at radius 3 is 1.04 bits per heavy atom. The van der Waals surface area contributed by atoms with Crippen LogP contribution in [0.2, 0.25) is 0 Å². The molecule has 0 bridgehead atoms. The zero-order valence-corrected chi connectivity index (χ0v) is 29.1. The lowest BCUT2D eigenvalue weighted by atomic mass is 10.1. The Kier molecular flexibility index (Phi) is 39.4. The third-order valence-corrected chi connectivity index (χ3v) is 6.34. The van der Waals surface area contributed by atoms with Gasteiger partial charge in [0.1, 0.15) is 0 Å². The average Bonchev–Trinajstić information content (AvgIpc) is 3.06. The Bertz CT molecular complexity index is 646. The number of rotatable bonds is 41. The van der Waals surface area contributed by atoms with Crippen LogP contribution >= 0.6 is 0 Å². The molecule has 0 aliphatic heterocycles. The van der Waals surface area contributed by atoms with Crippen LogP contribution in [-0.2, 0) is 57.0 Å². The summed E-state index contributed by atoms with van der Waals surface area (Å²) in [6.07, 6.45) is 8.13. The fourth-order valence-corrected chi connectivity index (χ4v) is 3.78. The minimum absolute atomic E-state index is 0.00739. The molecule has 47 heavy (non-hydrogen) atoms. The van der Waals surface area contributed by atoms with Crippen LogP contribution in [0.3, 0.4) is 0 Å². The van der Waals surface area contributed by atoms with Crippen molar-refractivity contribution < 1.29 is 62.1 Å². The highest BCUT2D eigenvalue weighted by Crippen LogP contribution is 2.04. The lowest BCUT2D eigenvalue weighted by Crippen LogP contribution is -2.25. The van der Waals surface area contributed by atoms with Crippen molar-refractivity contribution in [3.8, 4) is 0 Å². The Hall–Kier alpha value is -1.46. The fourth-order valence-electron chi connectivity index (χ4n) is 3.78. The lowest BCUT2D eigenvalue weighted by Gasteiger charge is -2.09. The van der Waals surface area contributed by atoms with Crippen LogP contribution in [0.1, 0.15) is 64.7 Å². The summed E-state index contributed by atoms with van der Waals surface area (Å²) in [5.74, 6) is -1.24. The number of carboxylic acid groups (broad SMARTS) is 1. The van der Waals surface area contributed by atoms with E-state index in [1.165, 1.54) is 32.1 Å². The number of amides is 1. The molecule has 2 N–H and O–H groups in total. The van der Waals surface area contributed by atoms with Crippen LogP contribution in [-0.4, -0.2) is 156 Å². The van der Waals surface area contributed by atoms with Gasteiger partial charge in [-0.15, -0.1) is 0 Å². The number of nitrogens with one attached hydrogen (secondary N) is 1. The molecule has 0 aromatic heterocycles. The van der Waals surface area contributed by atoms with Crippen molar-refractivity contribution in [3.05, 3.63) is 0 Å². The molecule has 0 saturated heterocycles. The van der Waals surface area contributed by atoms with Crippen molar-refractivity contribution in [2.24, 2.45) is 0 Å². The van der Waals surface area contributed by atoms with Gasteiger partial charge in [0.2, 0.25) is 5.91 Å². The van der Waals surface area contributed by atoms with Gasteiger partial charge >= 0.3 is 5.97 Å². The van der Waals surface area contributed by atoms with Crippen LogP contribution in [0, 0.1) is 0 Å². The first kappa shape index (κ1) is 45.5. The summed E-state index contributed by atoms with van der Waals surface area (Å²) in [7, 11) is 0. The second-order valence-corrected chi connectivity index (χ2v) is 10.5. The molecule has 0 atom stereocenters. The SMILES string of the molecule is CCCCCCCCOCCOCCOCCOCCOCCOCCOCCOCCOCCOCCCNC(=O)CCC(=O)O. The first-order valence-corrected chi connectivity index (χ1v) is 17.4. The zero-order chi connectivity index (χ0) is 34.1. The molecule has 0 saturated carbocycles. The molecule has 0 rings (SSSR count). The summed E-state index contributed by atoms with van der Waals surface area (Å²) < 4.78 is 54.8. The number of aliphatic carboxylic acids is 1. The summed E-state index contributed by atoms with van der Waals surface area (Å²) >= 11 is 0. The van der Waals surface area contributed by atoms with E-state index in [0.717, 1.165) is 13.0 Å². The summed E-state index contributed by atoms with van der Waals surface area (Å²) in [6.45, 7) is 13.2. The molecule has 0 radical (unpaired) electrons. The van der Waals surface area contributed by atoms with Crippen LogP contribution in [0.4, 0.5) is 0 Å². The highest BCUT2D eigenvalue weighted by Gasteiger charge is 2.04. The maximum Gasteiger partial charge on any atom is 0.303 e. The van der Waals surface area contributed by atoms with E-state index < -0.39 is 5.97 Å². The Balaban J connectivity index is 3.08. The van der Waals surface area contributed by atoms with E-state index in [1.807, 2.05) is 0 Å². The van der Waals surface area contributed by atoms with Gasteiger partial charge in [0.05, 0.1) is 125 Å². The maximum atomic E-state index is 11.4. The van der Waals surface area contributed by atoms with E-state index in [2.05, 4.69) is 12.2 Å². The zero-order valence-electron chi connectivity index (χ0n) is 29.1. The van der Waals surface area contributed by atoms with Gasteiger partial charge in [-0.1, -0.05) is 39.0 Å². The first-order chi connectivity index (χ1) is 23.2. The van der Waals surface area contributed by atoms with Crippen LogP contribution in [0.5, 0.6) is 0 Å². The molecule has 0 heterocycles. The van der Waals surface area contributed by atoms with E-state index in [-0.39, 0.29) is 18.7 Å². The molecule has 14 heteroatoms. The number of unbranched alkanes of at least 4 members (excludes halogenated alkanes) is 5. The second kappa shape index (κ2) is 40.7. The van der Waals surface area contributed by atoms with Crippen molar-refractivity contribution >= 4 is 11.9 Å². The van der Waals surface area contributed by atoms with Crippen LogP contribution in [0.25, 0.3) is 0 Å². The number of carboxylic acids is 1. The molecular weight excluding hydrogens is 618 g/mol. The molecule has 1 amide bonds. The van der Waals surface area contributed by atoms with Crippen molar-refractivity contribution in [1.29, 1.82) is 0 Å². The number of hydrogen-bond acceptors (Lipinski definition) is 12. The van der Waals surface area contributed by atoms with Crippen molar-refractivity contribution in [1.82, 2.24) is 5.32 Å². The standard InChI is InChI=1S/C33H65NO13/c1-2-3-4-5-6-7-12-38-14-16-40-18-20-42-22-24-44-26-28-46-30-31-47-29-27-45-25-23-43-21-19-41-17-15-39-13-8-11-34-32(35)9-10-33(36)37/h2-31H2,1H3,(H,34,35)(H,36,37). The molecule has 0 aromatic rings. The van der Waals surface area contributed by atoms with Gasteiger partial charge in [-0.25, -0.2) is 0 Å². The molecule has 0 aliphatic carbocycles. The maximum absolute atomic E-state index is 11.4. The topological polar surface area (TPSA) is 159 Å². The van der Waals surface area contributed by atoms with Gasteiger partial charge in [0, 0.05) is 26.2 Å². The fraction of sp³-hybridized carbons (Fsp3) is 0.939. The summed E-state index contributed by atoms with van der Waals surface area (Å²) in [5.41, 5.74) is 0. The number of hydrogen-bond donors (Lipinski definition) is 2. The first-order valence-electron chi connectivity index (χ1n) is 17.4. The molecule has 0 unspecified atom stereocenters. The van der Waals surface area contributed by atoms with Crippen molar-refractivity contribution in [2.75, 3.05) is 139 Å². The van der Waals surface area contributed by atoms with E-state index in [0.29, 0.717) is 138 Å². The molecule has 0 aliphatic rings. The molecule has 0 fully saturated rings. The van der Waals surface area contributed by atoms with E-state index >= 15 is 0 Å². The quantitative estimate of drug-likeness (QED) is 0.0908. The molecule has 14 nitrogen and oxygen atoms in total. The van der Waals surface area contributed by atoms with Crippen LogP contribution in [0.15, 0.2) is 0 Å². The van der Waals surface area contributed by atoms with Crippen molar-refractivity contribution in [2.45, 2.75) is 64.7 Å². The molecule has 0 spiro atoms. The average molecular weight is 684 g/mol. The summed E-state index contributed by atoms with van der Waals surface area (Å²) in [5, 5.41) is 11.2. The normalized spacial score (nSPS) is 11.3. The van der Waals surface area contributed by atoms with Crippen molar-refractivity contribution in [3.63, 3.8) is 0 Å². The molecule has 280 valence electrons. The van der Waals surface area contributed by atoms with Gasteiger partial charge in [-0.2, -0.15) is 0 Å². The van der Waals surface area contributed by atoms with Gasteiger partial charge < -0.3 is 57.8 Å². The summed E-state index contributed by atoms with van der Waals surface area (Å²) in [6, 6.07) is 0. The third kappa shape index (κ3) is 42.5. The highest BCUT2D eigenvalue weighted by molar-refractivity contribution is 5.80. The molecular formula is C33H65NO13. The Labute approximate surface area is 282 Å². The number of ether oxygens (including phenoxy) is 10. The van der Waals surface area contributed by atoms with E-state index in [4.69, 9.17) is 52.5 Å². The van der Waals surface area contributed by atoms with Gasteiger partial charge in [-0.3, -0.25) is 9.59 Å².